The predicted molar refractivity (Wildman–Crippen MR) is 116 cm³/mol. The van der Waals surface area contributed by atoms with Gasteiger partial charge in [0.15, 0.2) is 5.96 Å². The van der Waals surface area contributed by atoms with Gasteiger partial charge in [0.2, 0.25) is 0 Å². The summed E-state index contributed by atoms with van der Waals surface area (Å²) < 4.78 is 24.1. The first-order chi connectivity index (χ1) is 13.0. The molecule has 0 atom stereocenters. The van der Waals surface area contributed by atoms with Crippen molar-refractivity contribution in [1.29, 1.82) is 0 Å². The number of likely N-dealkylation sites (tertiary alicyclic amines) is 1. The molecule has 7 nitrogen and oxygen atoms in total. The molecule has 1 fully saturated rings. The van der Waals surface area contributed by atoms with Crippen molar-refractivity contribution in [3.63, 3.8) is 0 Å². The van der Waals surface area contributed by atoms with E-state index in [4.69, 9.17) is 14.9 Å². The first kappa shape index (κ1) is 22.3. The molecule has 0 bridgehead atoms. The Kier molecular flexibility index (Phi) is 7.90. The number of hydrogen-bond donors (Lipinski definition) is 2. The smallest absolute Gasteiger partial charge is 0.409 e. The Morgan fingerprint density at radius 1 is 1.43 bits per heavy atom. The fourth-order valence-electron chi connectivity index (χ4n) is 3.23. The van der Waals surface area contributed by atoms with Crippen LogP contribution in [0.2, 0.25) is 0 Å². The molecular weight excluding hydrogens is 478 g/mol. The summed E-state index contributed by atoms with van der Waals surface area (Å²) in [6.45, 7) is 5.58. The largest absolute Gasteiger partial charge is 0.459 e. The molecule has 0 radical (unpaired) electrons. The minimum Gasteiger partial charge on any atom is -0.459 e. The van der Waals surface area contributed by atoms with E-state index in [-0.39, 0.29) is 48.5 Å². The van der Waals surface area contributed by atoms with Crippen molar-refractivity contribution in [3.8, 4) is 0 Å². The third-order valence-electron chi connectivity index (χ3n) is 4.76. The number of nitrogens with two attached hydrogens (primary N) is 1. The lowest BCUT2D eigenvalue weighted by Gasteiger charge is -2.31. The van der Waals surface area contributed by atoms with Crippen LogP contribution in [0, 0.1) is 12.7 Å². The van der Waals surface area contributed by atoms with Crippen molar-refractivity contribution in [2.24, 2.45) is 10.7 Å². The van der Waals surface area contributed by atoms with Crippen molar-refractivity contribution in [3.05, 3.63) is 35.3 Å². The summed E-state index contributed by atoms with van der Waals surface area (Å²) in [4.78, 5) is 17.8. The maximum atomic E-state index is 13.4. The summed E-state index contributed by atoms with van der Waals surface area (Å²) in [5.41, 5.74) is 7.50. The molecule has 1 amide bonds. The van der Waals surface area contributed by atoms with Crippen LogP contribution in [0.25, 0.3) is 11.0 Å². The maximum Gasteiger partial charge on any atom is 0.409 e. The van der Waals surface area contributed by atoms with E-state index in [0.29, 0.717) is 37.0 Å². The van der Waals surface area contributed by atoms with E-state index in [9.17, 15) is 9.18 Å². The lowest BCUT2D eigenvalue weighted by Crippen LogP contribution is -2.48. The lowest BCUT2D eigenvalue weighted by atomic mass is 10.1. The Morgan fingerprint density at radius 3 is 2.82 bits per heavy atom. The van der Waals surface area contributed by atoms with Gasteiger partial charge in [0.05, 0.1) is 6.61 Å². The Morgan fingerprint density at radius 2 is 2.14 bits per heavy atom. The highest BCUT2D eigenvalue weighted by Crippen LogP contribution is 2.26. The highest BCUT2D eigenvalue weighted by atomic mass is 127. The van der Waals surface area contributed by atoms with Gasteiger partial charge < -0.3 is 25.1 Å². The van der Waals surface area contributed by atoms with Crippen LogP contribution in [0.1, 0.15) is 31.1 Å². The molecule has 1 aliphatic rings. The van der Waals surface area contributed by atoms with Gasteiger partial charge in [-0.25, -0.2) is 14.2 Å². The third-order valence-corrected chi connectivity index (χ3v) is 4.76. The van der Waals surface area contributed by atoms with Crippen LogP contribution in [-0.2, 0) is 11.3 Å². The molecule has 1 aromatic carbocycles. The minimum atomic E-state index is -0.295. The molecule has 1 aliphatic heterocycles. The number of amides is 1. The second-order valence-electron chi connectivity index (χ2n) is 6.60. The predicted octanol–water partition coefficient (Wildman–Crippen LogP) is 3.52. The number of rotatable bonds is 4. The van der Waals surface area contributed by atoms with E-state index in [1.807, 2.05) is 6.92 Å². The van der Waals surface area contributed by atoms with Crippen LogP contribution in [-0.4, -0.2) is 42.7 Å². The molecule has 3 rings (SSSR count). The van der Waals surface area contributed by atoms with Crippen LogP contribution >= 0.6 is 24.0 Å². The standard InChI is InChI=1S/C19H25FN4O3.HI/c1-3-26-19(25)24-8-6-14(7-9-24)23-18(21)22-11-17-12(2)15-10-13(20)4-5-16(15)27-17;/h4-5,10,14H,3,6-9,11H2,1-2H3,(H3,21,22,23);1H. The van der Waals surface area contributed by atoms with Crippen molar-refractivity contribution >= 4 is 47.0 Å². The van der Waals surface area contributed by atoms with Gasteiger partial charge in [0.1, 0.15) is 23.7 Å². The van der Waals surface area contributed by atoms with E-state index in [1.165, 1.54) is 12.1 Å². The summed E-state index contributed by atoms with van der Waals surface area (Å²) in [6.07, 6.45) is 1.28. The number of nitrogens with zero attached hydrogens (tertiary/aromatic N) is 2. The number of furan rings is 1. The van der Waals surface area contributed by atoms with E-state index in [1.54, 1.807) is 17.9 Å². The molecule has 2 aromatic rings. The van der Waals surface area contributed by atoms with Crippen LogP contribution in [0.15, 0.2) is 27.6 Å². The summed E-state index contributed by atoms with van der Waals surface area (Å²) in [5.74, 6) is 0.699. The van der Waals surface area contributed by atoms with Crippen LogP contribution < -0.4 is 11.1 Å². The number of aliphatic imine (C=N–C) groups is 1. The van der Waals surface area contributed by atoms with Gasteiger partial charge in [-0.1, -0.05) is 0 Å². The molecule has 0 unspecified atom stereocenters. The lowest BCUT2D eigenvalue weighted by molar-refractivity contribution is 0.0963. The number of carbonyl (C=O) groups excluding carboxylic acids is 1. The number of carbonyl (C=O) groups is 1. The maximum absolute atomic E-state index is 13.4. The number of hydrogen-bond acceptors (Lipinski definition) is 4. The SMILES string of the molecule is CCOC(=O)N1CCC(NC(N)=NCc2oc3ccc(F)cc3c2C)CC1.I. The van der Waals surface area contributed by atoms with Crippen molar-refractivity contribution in [1.82, 2.24) is 10.2 Å². The highest BCUT2D eigenvalue weighted by molar-refractivity contribution is 14.0. The Bertz CT molecular complexity index is 847. The molecule has 1 saturated heterocycles. The van der Waals surface area contributed by atoms with Crippen LogP contribution in [0.5, 0.6) is 0 Å². The molecular formula is C19H26FIN4O3. The average Bonchev–Trinajstić information content (AvgIpc) is 2.96. The Labute approximate surface area is 180 Å². The van der Waals surface area contributed by atoms with E-state index in [0.717, 1.165) is 23.8 Å². The van der Waals surface area contributed by atoms with Gasteiger partial charge in [0, 0.05) is 30.1 Å². The number of fused-ring (bicyclic) bond motifs is 1. The van der Waals surface area contributed by atoms with Gasteiger partial charge in [-0.05, 0) is 44.9 Å². The molecule has 2 heterocycles. The third kappa shape index (κ3) is 5.27. The van der Waals surface area contributed by atoms with Crippen molar-refractivity contribution in [2.75, 3.05) is 19.7 Å². The monoisotopic (exact) mass is 504 g/mol. The van der Waals surface area contributed by atoms with E-state index >= 15 is 0 Å². The van der Waals surface area contributed by atoms with Gasteiger partial charge in [-0.15, -0.1) is 24.0 Å². The van der Waals surface area contributed by atoms with Gasteiger partial charge in [-0.2, -0.15) is 0 Å². The average molecular weight is 504 g/mol. The second-order valence-corrected chi connectivity index (χ2v) is 6.60. The van der Waals surface area contributed by atoms with Gasteiger partial charge in [-0.3, -0.25) is 0 Å². The number of nitrogens with one attached hydrogen (secondary N) is 1. The minimum absolute atomic E-state index is 0. The Hall–Kier alpha value is -2.04. The first-order valence-electron chi connectivity index (χ1n) is 9.13. The number of ether oxygens (including phenoxy) is 1. The van der Waals surface area contributed by atoms with Crippen LogP contribution in [0.4, 0.5) is 9.18 Å². The highest BCUT2D eigenvalue weighted by Gasteiger charge is 2.23. The number of piperidine rings is 1. The molecule has 9 heteroatoms. The number of aryl methyl sites for hydroxylation is 1. The summed E-state index contributed by atoms with van der Waals surface area (Å²) in [7, 11) is 0. The van der Waals surface area contributed by atoms with Gasteiger partial charge >= 0.3 is 6.09 Å². The summed E-state index contributed by atoms with van der Waals surface area (Å²) in [6, 6.07) is 4.60. The second kappa shape index (κ2) is 9.94. The normalized spacial score (nSPS) is 15.4. The number of benzene rings is 1. The zero-order valence-corrected chi connectivity index (χ0v) is 18.4. The topological polar surface area (TPSA) is 93.1 Å². The zero-order chi connectivity index (χ0) is 19.4. The van der Waals surface area contributed by atoms with Crippen LogP contribution in [0.3, 0.4) is 0 Å². The fourth-order valence-corrected chi connectivity index (χ4v) is 3.23. The molecule has 28 heavy (non-hydrogen) atoms. The van der Waals surface area contributed by atoms with Gasteiger partial charge in [0.25, 0.3) is 0 Å². The fraction of sp³-hybridized carbons (Fsp3) is 0.474. The van der Waals surface area contributed by atoms with Crippen molar-refractivity contribution in [2.45, 2.75) is 39.3 Å². The quantitative estimate of drug-likeness (QED) is 0.378. The van der Waals surface area contributed by atoms with Crippen molar-refractivity contribution < 1.29 is 18.3 Å². The van der Waals surface area contributed by atoms with E-state index in [2.05, 4.69) is 10.3 Å². The Balaban J connectivity index is 0.00000280. The number of guanidine groups is 1. The molecule has 0 aliphatic carbocycles. The summed E-state index contributed by atoms with van der Waals surface area (Å²) >= 11 is 0. The molecule has 154 valence electrons. The molecule has 3 N–H and O–H groups in total. The number of halogens is 2. The molecule has 0 spiro atoms. The summed E-state index contributed by atoms with van der Waals surface area (Å²) in [5, 5.41) is 3.94. The molecule has 0 saturated carbocycles. The first-order valence-corrected chi connectivity index (χ1v) is 9.13. The zero-order valence-electron chi connectivity index (χ0n) is 16.0. The van der Waals surface area contributed by atoms with E-state index < -0.39 is 0 Å². The molecule has 1 aromatic heterocycles.